The molecule has 4 heteroatoms. The summed E-state index contributed by atoms with van der Waals surface area (Å²) in [4.78, 5) is 23.9. The zero-order valence-electron chi connectivity index (χ0n) is 11.0. The molecule has 0 amide bonds. The highest BCUT2D eigenvalue weighted by Crippen LogP contribution is 2.33. The maximum absolute atomic E-state index is 12.0. The van der Waals surface area contributed by atoms with Crippen LogP contribution in [-0.2, 0) is 19.1 Å². The third kappa shape index (κ3) is 3.06. The van der Waals surface area contributed by atoms with E-state index >= 15 is 0 Å². The van der Waals surface area contributed by atoms with Crippen LogP contribution < -0.4 is 0 Å². The van der Waals surface area contributed by atoms with Crippen LogP contribution in [0.15, 0.2) is 0 Å². The summed E-state index contributed by atoms with van der Waals surface area (Å²) in [6.07, 6.45) is 3.15. The van der Waals surface area contributed by atoms with Crippen molar-refractivity contribution in [2.75, 3.05) is 13.2 Å². The Balaban J connectivity index is 2.88. The van der Waals surface area contributed by atoms with E-state index in [4.69, 9.17) is 9.47 Å². The van der Waals surface area contributed by atoms with E-state index in [9.17, 15) is 9.59 Å². The Morgan fingerprint density at radius 1 is 1.35 bits per heavy atom. The van der Waals surface area contributed by atoms with Gasteiger partial charge in [0.15, 0.2) is 5.60 Å². The van der Waals surface area contributed by atoms with Gasteiger partial charge >= 0.3 is 5.97 Å². The number of Topliss-reactive ketones (excluding diaryl/α,β-unsaturated/α-hetero) is 1. The Kier molecular flexibility index (Phi) is 5.12. The fraction of sp³-hybridized carbons (Fsp3) is 0.846. The number of ether oxygens (including phenoxy) is 2. The van der Waals surface area contributed by atoms with Crippen LogP contribution in [0, 0.1) is 5.92 Å². The van der Waals surface area contributed by atoms with E-state index in [0.29, 0.717) is 26.1 Å². The predicted octanol–water partition coefficient (Wildman–Crippen LogP) is 2.10. The maximum atomic E-state index is 12.0. The smallest absolute Gasteiger partial charge is 0.338 e. The summed E-state index contributed by atoms with van der Waals surface area (Å²) < 4.78 is 10.6. The highest BCUT2D eigenvalue weighted by Gasteiger charge is 2.47. The Hall–Kier alpha value is -0.900. The van der Waals surface area contributed by atoms with Crippen molar-refractivity contribution in [3.05, 3.63) is 0 Å². The van der Waals surface area contributed by atoms with E-state index in [0.717, 1.165) is 12.8 Å². The molecule has 0 N–H and O–H groups in total. The molecule has 17 heavy (non-hydrogen) atoms. The van der Waals surface area contributed by atoms with Gasteiger partial charge in [0.25, 0.3) is 0 Å². The molecule has 1 aliphatic carbocycles. The Morgan fingerprint density at radius 3 is 2.59 bits per heavy atom. The zero-order valence-corrected chi connectivity index (χ0v) is 11.0. The number of hydrogen-bond donors (Lipinski definition) is 0. The van der Waals surface area contributed by atoms with Crippen LogP contribution in [0.4, 0.5) is 0 Å². The molecule has 2 unspecified atom stereocenters. The van der Waals surface area contributed by atoms with Gasteiger partial charge in [-0.1, -0.05) is 6.42 Å². The van der Waals surface area contributed by atoms with Crippen molar-refractivity contribution < 1.29 is 19.1 Å². The summed E-state index contributed by atoms with van der Waals surface area (Å²) in [5.74, 6) is -0.641. The van der Waals surface area contributed by atoms with Crippen molar-refractivity contribution in [3.8, 4) is 0 Å². The first-order valence-electron chi connectivity index (χ1n) is 6.40. The average molecular weight is 242 g/mol. The van der Waals surface area contributed by atoms with Crippen molar-refractivity contribution in [1.29, 1.82) is 0 Å². The molecule has 0 saturated heterocycles. The van der Waals surface area contributed by atoms with Crippen LogP contribution >= 0.6 is 0 Å². The molecule has 0 spiro atoms. The molecule has 0 aromatic heterocycles. The van der Waals surface area contributed by atoms with Gasteiger partial charge in [-0.15, -0.1) is 0 Å². The first kappa shape index (κ1) is 14.2. The van der Waals surface area contributed by atoms with E-state index in [1.54, 1.807) is 13.8 Å². The van der Waals surface area contributed by atoms with Gasteiger partial charge in [-0.05, 0) is 33.6 Å². The van der Waals surface area contributed by atoms with E-state index < -0.39 is 11.6 Å². The minimum absolute atomic E-state index is 0.125. The van der Waals surface area contributed by atoms with E-state index in [1.165, 1.54) is 0 Å². The number of carbonyl (C=O) groups excluding carboxylic acids is 2. The van der Waals surface area contributed by atoms with Crippen molar-refractivity contribution in [1.82, 2.24) is 0 Å². The van der Waals surface area contributed by atoms with Crippen molar-refractivity contribution in [2.24, 2.45) is 5.92 Å². The lowest BCUT2D eigenvalue weighted by atomic mass is 9.76. The van der Waals surface area contributed by atoms with Crippen LogP contribution in [0.25, 0.3) is 0 Å². The molecule has 0 bridgehead atoms. The molecular weight excluding hydrogens is 220 g/mol. The molecule has 1 rings (SSSR count). The quantitative estimate of drug-likeness (QED) is 0.693. The molecule has 1 fully saturated rings. The van der Waals surface area contributed by atoms with Crippen LogP contribution in [0.5, 0.6) is 0 Å². The second kappa shape index (κ2) is 6.15. The van der Waals surface area contributed by atoms with Gasteiger partial charge in [0.2, 0.25) is 0 Å². The van der Waals surface area contributed by atoms with Crippen molar-refractivity contribution in [3.63, 3.8) is 0 Å². The molecule has 0 aromatic rings. The molecular formula is C13H22O4. The summed E-state index contributed by atoms with van der Waals surface area (Å²) >= 11 is 0. The normalized spacial score (nSPS) is 24.2. The Morgan fingerprint density at radius 2 is 2.06 bits per heavy atom. The van der Waals surface area contributed by atoms with Gasteiger partial charge in [-0.25, -0.2) is 4.79 Å². The van der Waals surface area contributed by atoms with Crippen LogP contribution in [-0.4, -0.2) is 30.6 Å². The fourth-order valence-corrected chi connectivity index (χ4v) is 2.44. The first-order chi connectivity index (χ1) is 8.06. The van der Waals surface area contributed by atoms with E-state index in [2.05, 4.69) is 0 Å². The molecule has 1 saturated carbocycles. The monoisotopic (exact) mass is 242 g/mol. The molecule has 1 aliphatic rings. The summed E-state index contributed by atoms with van der Waals surface area (Å²) in [5, 5.41) is 0. The van der Waals surface area contributed by atoms with Gasteiger partial charge < -0.3 is 9.47 Å². The third-order valence-electron chi connectivity index (χ3n) is 3.34. The molecule has 0 aliphatic heterocycles. The van der Waals surface area contributed by atoms with Crippen molar-refractivity contribution in [2.45, 2.75) is 52.1 Å². The number of ketones is 1. The topological polar surface area (TPSA) is 52.6 Å². The number of rotatable bonds is 5. The minimum atomic E-state index is -1.11. The van der Waals surface area contributed by atoms with Crippen molar-refractivity contribution >= 4 is 11.8 Å². The minimum Gasteiger partial charge on any atom is -0.464 e. The van der Waals surface area contributed by atoms with Gasteiger partial charge in [0, 0.05) is 13.0 Å². The average Bonchev–Trinajstić information content (AvgIpc) is 2.30. The second-order valence-electron chi connectivity index (χ2n) is 4.53. The van der Waals surface area contributed by atoms with Crippen LogP contribution in [0.3, 0.4) is 0 Å². The molecule has 0 heterocycles. The van der Waals surface area contributed by atoms with Crippen LogP contribution in [0.1, 0.15) is 46.5 Å². The first-order valence-corrected chi connectivity index (χ1v) is 6.40. The van der Waals surface area contributed by atoms with E-state index in [-0.39, 0.29) is 11.7 Å². The predicted molar refractivity (Wildman–Crippen MR) is 63.6 cm³/mol. The molecule has 2 atom stereocenters. The highest BCUT2D eigenvalue weighted by molar-refractivity contribution is 5.91. The summed E-state index contributed by atoms with van der Waals surface area (Å²) in [6, 6.07) is 0. The second-order valence-corrected chi connectivity index (χ2v) is 4.53. The Bertz CT molecular complexity index is 287. The SMILES string of the molecule is CCOC(=O)C(C)(OCC)C1CCCCC1=O. The Labute approximate surface area is 103 Å². The molecule has 0 radical (unpaired) electrons. The maximum Gasteiger partial charge on any atom is 0.338 e. The molecule has 0 aromatic carbocycles. The summed E-state index contributed by atoms with van der Waals surface area (Å²) in [7, 11) is 0. The summed E-state index contributed by atoms with van der Waals surface area (Å²) in [5.41, 5.74) is -1.11. The highest BCUT2D eigenvalue weighted by atomic mass is 16.6. The molecule has 98 valence electrons. The van der Waals surface area contributed by atoms with Gasteiger partial charge in [0.1, 0.15) is 5.78 Å². The lowest BCUT2D eigenvalue weighted by molar-refractivity contribution is -0.181. The molecule has 4 nitrogen and oxygen atoms in total. The van der Waals surface area contributed by atoms with E-state index in [1.807, 2.05) is 6.92 Å². The lowest BCUT2D eigenvalue weighted by Crippen LogP contribution is -2.50. The largest absolute Gasteiger partial charge is 0.464 e. The summed E-state index contributed by atoms with van der Waals surface area (Å²) in [6.45, 7) is 5.97. The van der Waals surface area contributed by atoms with Gasteiger partial charge in [-0.2, -0.15) is 0 Å². The van der Waals surface area contributed by atoms with Gasteiger partial charge in [-0.3, -0.25) is 4.79 Å². The third-order valence-corrected chi connectivity index (χ3v) is 3.34. The zero-order chi connectivity index (χ0) is 12.9. The number of esters is 1. The van der Waals surface area contributed by atoms with Gasteiger partial charge in [0.05, 0.1) is 12.5 Å². The lowest BCUT2D eigenvalue weighted by Gasteiger charge is -2.36. The number of hydrogen-bond acceptors (Lipinski definition) is 4. The van der Waals surface area contributed by atoms with Crippen LogP contribution in [0.2, 0.25) is 0 Å². The number of carbonyl (C=O) groups is 2. The standard InChI is InChI=1S/C13H22O4/c1-4-16-12(15)13(3,17-5-2)10-8-6-7-9-11(10)14/h10H,4-9H2,1-3H3. The fourth-order valence-electron chi connectivity index (χ4n) is 2.44.